The number of halogens is 1. The fourth-order valence-electron chi connectivity index (χ4n) is 2.21. The molecule has 0 unspecified atom stereocenters. The van der Waals surface area contributed by atoms with Crippen molar-refractivity contribution in [3.05, 3.63) is 21.3 Å². The van der Waals surface area contributed by atoms with Crippen LogP contribution in [0.15, 0.2) is 12.1 Å². The van der Waals surface area contributed by atoms with Crippen LogP contribution in [0.2, 0.25) is 4.34 Å². The summed E-state index contributed by atoms with van der Waals surface area (Å²) < 4.78 is 26.3. The van der Waals surface area contributed by atoms with E-state index in [1.54, 1.807) is 17.0 Å². The van der Waals surface area contributed by atoms with Gasteiger partial charge in [-0.2, -0.15) is 4.31 Å². The number of nitrogens with zero attached hydrogens (tertiary/aromatic N) is 2. The number of piperazine rings is 1. The van der Waals surface area contributed by atoms with Gasteiger partial charge in [-0.25, -0.2) is 8.42 Å². The first kappa shape index (κ1) is 16.7. The van der Waals surface area contributed by atoms with Crippen molar-refractivity contribution in [2.75, 3.05) is 31.9 Å². The molecule has 1 fully saturated rings. The predicted molar refractivity (Wildman–Crippen MR) is 85.5 cm³/mol. The summed E-state index contributed by atoms with van der Waals surface area (Å²) in [5, 5.41) is 0. The average molecular weight is 351 g/mol. The molecule has 0 spiro atoms. The Bertz CT molecular complexity index is 592. The number of hydrogen-bond donors (Lipinski definition) is 0. The topological polar surface area (TPSA) is 57.7 Å². The molecule has 1 aliphatic rings. The molecule has 1 aliphatic heterocycles. The molecule has 1 aromatic heterocycles. The van der Waals surface area contributed by atoms with E-state index in [4.69, 9.17) is 11.6 Å². The van der Waals surface area contributed by atoms with Crippen LogP contribution in [0, 0.1) is 0 Å². The minimum absolute atomic E-state index is 0.0718. The summed E-state index contributed by atoms with van der Waals surface area (Å²) >= 11 is 7.08. The van der Waals surface area contributed by atoms with Gasteiger partial charge in [-0.05, 0) is 18.6 Å². The van der Waals surface area contributed by atoms with Gasteiger partial charge in [0.05, 0.1) is 15.0 Å². The molecular weight excluding hydrogens is 332 g/mol. The quantitative estimate of drug-likeness (QED) is 0.818. The molecule has 118 valence electrons. The van der Waals surface area contributed by atoms with Gasteiger partial charge in [0.2, 0.25) is 10.0 Å². The van der Waals surface area contributed by atoms with Crippen molar-refractivity contribution in [1.82, 2.24) is 9.21 Å². The number of carbonyl (C=O) groups is 1. The summed E-state index contributed by atoms with van der Waals surface area (Å²) in [4.78, 5) is 14.5. The molecule has 2 rings (SSSR count). The minimum atomic E-state index is -3.18. The lowest BCUT2D eigenvalue weighted by atomic mass is 10.3. The largest absolute Gasteiger partial charge is 0.335 e. The third-order valence-corrected chi connectivity index (χ3v) is 6.63. The molecule has 1 amide bonds. The fraction of sp³-hybridized carbons (Fsp3) is 0.615. The van der Waals surface area contributed by atoms with Gasteiger partial charge in [-0.15, -0.1) is 11.3 Å². The molecule has 0 bridgehead atoms. The van der Waals surface area contributed by atoms with Gasteiger partial charge in [0.25, 0.3) is 5.91 Å². The van der Waals surface area contributed by atoms with Gasteiger partial charge in [-0.1, -0.05) is 24.9 Å². The summed E-state index contributed by atoms with van der Waals surface area (Å²) in [6.07, 6.45) is 1.53. The molecule has 1 saturated heterocycles. The van der Waals surface area contributed by atoms with Crippen molar-refractivity contribution >= 4 is 38.9 Å². The van der Waals surface area contributed by atoms with Gasteiger partial charge in [0.1, 0.15) is 0 Å². The first-order valence-electron chi connectivity index (χ1n) is 6.96. The number of amides is 1. The molecular formula is C13H19ClN2O3S2. The van der Waals surface area contributed by atoms with Gasteiger partial charge in [-0.3, -0.25) is 4.79 Å². The molecule has 0 radical (unpaired) electrons. The Hall–Kier alpha value is -0.630. The van der Waals surface area contributed by atoms with Gasteiger partial charge < -0.3 is 4.90 Å². The van der Waals surface area contributed by atoms with E-state index in [2.05, 4.69) is 0 Å². The lowest BCUT2D eigenvalue weighted by molar-refractivity contribution is 0.0703. The van der Waals surface area contributed by atoms with E-state index in [9.17, 15) is 13.2 Å². The van der Waals surface area contributed by atoms with Crippen LogP contribution in [-0.2, 0) is 10.0 Å². The number of rotatable bonds is 5. The summed E-state index contributed by atoms with van der Waals surface area (Å²) in [5.41, 5.74) is 0. The minimum Gasteiger partial charge on any atom is -0.335 e. The van der Waals surface area contributed by atoms with Crippen molar-refractivity contribution in [3.63, 3.8) is 0 Å². The Balaban J connectivity index is 1.93. The Morgan fingerprint density at radius 3 is 2.48 bits per heavy atom. The highest BCUT2D eigenvalue weighted by atomic mass is 35.5. The SMILES string of the molecule is CCCCS(=O)(=O)N1CCN(C(=O)c2ccc(Cl)s2)CC1. The van der Waals surface area contributed by atoms with Crippen LogP contribution in [0.1, 0.15) is 29.4 Å². The molecule has 0 aliphatic carbocycles. The lowest BCUT2D eigenvalue weighted by Crippen LogP contribution is -2.50. The zero-order valence-electron chi connectivity index (χ0n) is 11.9. The highest BCUT2D eigenvalue weighted by molar-refractivity contribution is 7.89. The second-order valence-corrected chi connectivity index (χ2v) is 8.77. The maximum Gasteiger partial charge on any atom is 0.264 e. The van der Waals surface area contributed by atoms with Crippen LogP contribution < -0.4 is 0 Å². The highest BCUT2D eigenvalue weighted by Gasteiger charge is 2.29. The molecule has 2 heterocycles. The smallest absolute Gasteiger partial charge is 0.264 e. The molecule has 21 heavy (non-hydrogen) atoms. The summed E-state index contributed by atoms with van der Waals surface area (Å²) in [6.45, 7) is 3.57. The van der Waals surface area contributed by atoms with E-state index in [1.807, 2.05) is 6.92 Å². The Kier molecular flexibility index (Phi) is 5.65. The van der Waals surface area contributed by atoms with Crippen LogP contribution in [0.4, 0.5) is 0 Å². The fourth-order valence-corrected chi connectivity index (χ4v) is 4.85. The Morgan fingerprint density at radius 2 is 1.95 bits per heavy atom. The van der Waals surface area contributed by atoms with Crippen molar-refractivity contribution in [2.24, 2.45) is 0 Å². The Labute approximate surface area is 134 Å². The van der Waals surface area contributed by atoms with E-state index in [0.717, 1.165) is 6.42 Å². The van der Waals surface area contributed by atoms with Crippen LogP contribution in [0.3, 0.4) is 0 Å². The number of thiophene rings is 1. The molecule has 0 saturated carbocycles. The van der Waals surface area contributed by atoms with Crippen molar-refractivity contribution in [1.29, 1.82) is 0 Å². The number of unbranched alkanes of at least 4 members (excludes halogenated alkanes) is 1. The monoisotopic (exact) mass is 350 g/mol. The Morgan fingerprint density at radius 1 is 1.29 bits per heavy atom. The molecule has 0 N–H and O–H groups in total. The van der Waals surface area contributed by atoms with E-state index in [1.165, 1.54) is 15.6 Å². The predicted octanol–water partition coefficient (Wildman–Crippen LogP) is 2.29. The normalized spacial score (nSPS) is 17.1. The zero-order valence-corrected chi connectivity index (χ0v) is 14.3. The van der Waals surface area contributed by atoms with Gasteiger partial charge >= 0.3 is 0 Å². The van der Waals surface area contributed by atoms with E-state index in [0.29, 0.717) is 41.8 Å². The summed E-state index contributed by atoms with van der Waals surface area (Å²) in [5.74, 6) is 0.121. The highest BCUT2D eigenvalue weighted by Crippen LogP contribution is 2.23. The van der Waals surface area contributed by atoms with E-state index < -0.39 is 10.0 Å². The van der Waals surface area contributed by atoms with Gasteiger partial charge in [0.15, 0.2) is 0 Å². The number of hydrogen-bond acceptors (Lipinski definition) is 4. The van der Waals surface area contributed by atoms with Crippen molar-refractivity contribution in [3.8, 4) is 0 Å². The molecule has 0 atom stereocenters. The first-order valence-corrected chi connectivity index (χ1v) is 9.77. The van der Waals surface area contributed by atoms with Crippen LogP contribution in [0.5, 0.6) is 0 Å². The third kappa shape index (κ3) is 4.18. The summed E-state index contributed by atoms with van der Waals surface area (Å²) in [7, 11) is -3.18. The van der Waals surface area contributed by atoms with Gasteiger partial charge in [0, 0.05) is 26.2 Å². The van der Waals surface area contributed by atoms with Crippen LogP contribution in [-0.4, -0.2) is 55.5 Å². The third-order valence-electron chi connectivity index (χ3n) is 3.46. The van der Waals surface area contributed by atoms with Crippen LogP contribution in [0.25, 0.3) is 0 Å². The number of sulfonamides is 1. The molecule has 5 nitrogen and oxygen atoms in total. The average Bonchev–Trinajstić information content (AvgIpc) is 2.91. The first-order chi connectivity index (χ1) is 9.94. The number of carbonyl (C=O) groups excluding carboxylic acids is 1. The summed E-state index contributed by atoms with van der Waals surface area (Å²) in [6, 6.07) is 3.41. The maximum atomic E-state index is 12.3. The van der Waals surface area contributed by atoms with Crippen molar-refractivity contribution < 1.29 is 13.2 Å². The van der Waals surface area contributed by atoms with E-state index in [-0.39, 0.29) is 11.7 Å². The second kappa shape index (κ2) is 7.09. The molecule has 0 aromatic carbocycles. The lowest BCUT2D eigenvalue weighted by Gasteiger charge is -2.33. The molecule has 1 aromatic rings. The zero-order chi connectivity index (χ0) is 15.5. The molecule has 8 heteroatoms. The van der Waals surface area contributed by atoms with E-state index >= 15 is 0 Å². The standard InChI is InChI=1S/C13H19ClN2O3S2/c1-2-3-10-21(18,19)16-8-6-15(7-9-16)13(17)11-4-5-12(14)20-11/h4-5H,2-3,6-10H2,1H3. The van der Waals surface area contributed by atoms with Crippen molar-refractivity contribution in [2.45, 2.75) is 19.8 Å². The second-order valence-electron chi connectivity index (χ2n) is 4.96. The van der Waals surface area contributed by atoms with Crippen LogP contribution >= 0.6 is 22.9 Å². The maximum absolute atomic E-state index is 12.3.